The van der Waals surface area contributed by atoms with Crippen LogP contribution in [0.2, 0.25) is 0 Å². The van der Waals surface area contributed by atoms with Gasteiger partial charge in [0.1, 0.15) is 5.56 Å². The maximum absolute atomic E-state index is 13.2. The highest BCUT2D eigenvalue weighted by Gasteiger charge is 2.32. The predicted molar refractivity (Wildman–Crippen MR) is 101 cm³/mol. The number of ether oxygens (including phenoxy) is 1. The molecule has 0 aliphatic carbocycles. The summed E-state index contributed by atoms with van der Waals surface area (Å²) in [5.41, 5.74) is 3.96. The molecule has 3 rings (SSSR count). The van der Waals surface area contributed by atoms with E-state index in [0.29, 0.717) is 5.56 Å². The van der Waals surface area contributed by atoms with Crippen LogP contribution in [0.5, 0.6) is 0 Å². The maximum Gasteiger partial charge on any atom is 0.416 e. The van der Waals surface area contributed by atoms with Gasteiger partial charge in [-0.3, -0.25) is 9.36 Å². The number of esters is 1. The van der Waals surface area contributed by atoms with Gasteiger partial charge >= 0.3 is 12.1 Å². The van der Waals surface area contributed by atoms with Crippen molar-refractivity contribution in [2.75, 3.05) is 12.8 Å². The number of fused-ring (bicyclic) bond motifs is 1. The zero-order chi connectivity index (χ0) is 21.5. The molecule has 2 aromatic carbocycles. The molecule has 3 aromatic rings. The maximum atomic E-state index is 13.2. The fraction of sp³-hybridized carbons (Fsp3) is 0.200. The molecular formula is C20H17F3N2O4. The highest BCUT2D eigenvalue weighted by Crippen LogP contribution is 2.34. The number of nitrogens with two attached hydrogens (primary N) is 1. The van der Waals surface area contributed by atoms with Gasteiger partial charge in [-0.05, 0) is 36.8 Å². The largest absolute Gasteiger partial charge is 0.465 e. The smallest absolute Gasteiger partial charge is 0.416 e. The van der Waals surface area contributed by atoms with E-state index in [4.69, 9.17) is 5.73 Å². The van der Waals surface area contributed by atoms with E-state index in [1.54, 1.807) is 6.92 Å². The number of hydrogen-bond acceptors (Lipinski definition) is 5. The van der Waals surface area contributed by atoms with Crippen molar-refractivity contribution in [3.8, 4) is 5.69 Å². The van der Waals surface area contributed by atoms with Crippen molar-refractivity contribution in [1.29, 1.82) is 0 Å². The summed E-state index contributed by atoms with van der Waals surface area (Å²) in [6.45, 7) is 1.55. The monoisotopic (exact) mass is 406 g/mol. The van der Waals surface area contributed by atoms with Crippen LogP contribution < -0.4 is 11.3 Å². The van der Waals surface area contributed by atoms with Crippen molar-refractivity contribution in [1.82, 2.24) is 4.57 Å². The number of aliphatic hydroxyl groups is 1. The van der Waals surface area contributed by atoms with Gasteiger partial charge < -0.3 is 15.6 Å². The highest BCUT2D eigenvalue weighted by atomic mass is 19.4. The van der Waals surface area contributed by atoms with E-state index in [1.807, 2.05) is 0 Å². The minimum Gasteiger partial charge on any atom is -0.465 e. The lowest BCUT2D eigenvalue weighted by atomic mass is 10.0. The second kappa shape index (κ2) is 7.25. The zero-order valence-electron chi connectivity index (χ0n) is 15.4. The first-order chi connectivity index (χ1) is 13.6. The summed E-state index contributed by atoms with van der Waals surface area (Å²) < 4.78 is 45.3. The number of aliphatic hydroxyl groups excluding tert-OH is 1. The molecule has 0 saturated heterocycles. The fourth-order valence-corrected chi connectivity index (χ4v) is 3.05. The normalized spacial score (nSPS) is 12.8. The second-order valence-corrected chi connectivity index (χ2v) is 6.42. The number of anilines is 1. The molecule has 0 bridgehead atoms. The molecule has 1 heterocycles. The first-order valence-corrected chi connectivity index (χ1v) is 8.48. The summed E-state index contributed by atoms with van der Waals surface area (Å²) in [7, 11) is 1.07. The van der Waals surface area contributed by atoms with Crippen molar-refractivity contribution < 1.29 is 27.8 Å². The summed E-state index contributed by atoms with van der Waals surface area (Å²) in [6.07, 6.45) is -5.41. The number of hydrogen-bond donors (Lipinski definition) is 2. The summed E-state index contributed by atoms with van der Waals surface area (Å²) >= 11 is 0. The van der Waals surface area contributed by atoms with Gasteiger partial charge in [0, 0.05) is 11.1 Å². The van der Waals surface area contributed by atoms with Gasteiger partial charge in [0.05, 0.1) is 30.0 Å². The van der Waals surface area contributed by atoms with E-state index < -0.39 is 34.9 Å². The first kappa shape index (κ1) is 20.4. The quantitative estimate of drug-likeness (QED) is 0.650. The minimum absolute atomic E-state index is 0.0950. The number of carbonyl (C=O) groups excluding carboxylic acids is 1. The molecule has 6 nitrogen and oxygen atoms in total. The predicted octanol–water partition coefficient (Wildman–Crippen LogP) is 3.43. The van der Waals surface area contributed by atoms with E-state index >= 15 is 0 Å². The summed E-state index contributed by atoms with van der Waals surface area (Å²) in [6, 6.07) is 8.71. The van der Waals surface area contributed by atoms with Crippen molar-refractivity contribution >= 4 is 22.6 Å². The Morgan fingerprint density at radius 3 is 2.31 bits per heavy atom. The van der Waals surface area contributed by atoms with E-state index in [-0.39, 0.29) is 22.3 Å². The molecule has 3 N–H and O–H groups in total. The number of pyridine rings is 1. The van der Waals surface area contributed by atoms with Gasteiger partial charge in [-0.25, -0.2) is 4.79 Å². The average Bonchev–Trinajstić information content (AvgIpc) is 2.67. The molecule has 1 aromatic heterocycles. The van der Waals surface area contributed by atoms with Crippen LogP contribution in [0, 0.1) is 0 Å². The van der Waals surface area contributed by atoms with Gasteiger partial charge in [-0.15, -0.1) is 0 Å². The Hall–Kier alpha value is -3.33. The number of carbonyl (C=O) groups is 1. The van der Waals surface area contributed by atoms with Gasteiger partial charge in [0.25, 0.3) is 5.56 Å². The van der Waals surface area contributed by atoms with Crippen LogP contribution in [0.4, 0.5) is 18.9 Å². The van der Waals surface area contributed by atoms with E-state index in [2.05, 4.69) is 4.74 Å². The van der Waals surface area contributed by atoms with E-state index in [9.17, 15) is 27.9 Å². The number of alkyl halides is 3. The van der Waals surface area contributed by atoms with Crippen molar-refractivity contribution in [3.05, 3.63) is 69.5 Å². The molecular weight excluding hydrogens is 389 g/mol. The molecule has 0 aliphatic rings. The molecule has 152 valence electrons. The Labute approximate surface area is 162 Å². The summed E-state index contributed by atoms with van der Waals surface area (Å²) in [4.78, 5) is 25.2. The number of benzene rings is 2. The van der Waals surface area contributed by atoms with Crippen LogP contribution >= 0.6 is 0 Å². The van der Waals surface area contributed by atoms with Crippen LogP contribution in [-0.4, -0.2) is 22.8 Å². The summed E-state index contributed by atoms with van der Waals surface area (Å²) in [5, 5.41) is 9.75. The molecule has 29 heavy (non-hydrogen) atoms. The Balaban J connectivity index is 2.44. The van der Waals surface area contributed by atoms with Crippen LogP contribution in [0.3, 0.4) is 0 Å². The van der Waals surface area contributed by atoms with Crippen LogP contribution in [0.15, 0.2) is 47.3 Å². The highest BCUT2D eigenvalue weighted by molar-refractivity contribution is 6.04. The van der Waals surface area contributed by atoms with Crippen LogP contribution in [0.1, 0.15) is 34.5 Å². The topological polar surface area (TPSA) is 94.6 Å². The molecule has 0 aliphatic heterocycles. The molecule has 0 fully saturated rings. The molecule has 0 saturated carbocycles. The third-order valence-electron chi connectivity index (χ3n) is 4.57. The Morgan fingerprint density at radius 1 is 1.17 bits per heavy atom. The standard InChI is InChI=1S/C20H17F3N2O4/c1-10(26)11-3-6-13(7-4-11)25-15-9-12(20(21,22)23)5-8-14(15)17(24)16(18(25)27)19(28)29-2/h3-10,26H,24H2,1-2H3. The molecule has 0 amide bonds. The molecule has 9 heteroatoms. The van der Waals surface area contributed by atoms with Gasteiger partial charge in [0.15, 0.2) is 0 Å². The number of methoxy groups -OCH3 is 1. The van der Waals surface area contributed by atoms with Crippen molar-refractivity contribution in [3.63, 3.8) is 0 Å². The minimum atomic E-state index is -4.64. The third-order valence-corrected chi connectivity index (χ3v) is 4.57. The molecule has 0 spiro atoms. The van der Waals surface area contributed by atoms with Gasteiger partial charge in [-0.1, -0.05) is 18.2 Å². The van der Waals surface area contributed by atoms with Crippen molar-refractivity contribution in [2.24, 2.45) is 0 Å². The number of nitrogens with zero attached hydrogens (tertiary/aromatic N) is 1. The van der Waals surface area contributed by atoms with Crippen LogP contribution in [-0.2, 0) is 10.9 Å². The van der Waals surface area contributed by atoms with Gasteiger partial charge in [-0.2, -0.15) is 13.2 Å². The molecule has 1 unspecified atom stereocenters. The average molecular weight is 406 g/mol. The Morgan fingerprint density at radius 2 is 1.79 bits per heavy atom. The number of nitrogen functional groups attached to an aromatic ring is 1. The number of halogens is 3. The van der Waals surface area contributed by atoms with Crippen LogP contribution in [0.25, 0.3) is 16.6 Å². The zero-order valence-corrected chi connectivity index (χ0v) is 15.4. The van der Waals surface area contributed by atoms with Crippen molar-refractivity contribution in [2.45, 2.75) is 19.2 Å². The molecule has 0 radical (unpaired) electrons. The van der Waals surface area contributed by atoms with Gasteiger partial charge in [0.2, 0.25) is 0 Å². The van der Waals surface area contributed by atoms with E-state index in [0.717, 1.165) is 29.9 Å². The lowest BCUT2D eigenvalue weighted by Gasteiger charge is -2.17. The lowest BCUT2D eigenvalue weighted by molar-refractivity contribution is -0.137. The Bertz CT molecular complexity index is 1150. The van der Waals surface area contributed by atoms with E-state index in [1.165, 1.54) is 24.3 Å². The lowest BCUT2D eigenvalue weighted by Crippen LogP contribution is -2.28. The molecule has 1 atom stereocenters. The Kier molecular flexibility index (Phi) is 5.10. The summed E-state index contributed by atoms with van der Waals surface area (Å²) in [5.74, 6) is -0.997. The SMILES string of the molecule is COC(=O)c1c(N)c2ccc(C(F)(F)F)cc2n(-c2ccc(C(C)O)cc2)c1=O. The first-order valence-electron chi connectivity index (χ1n) is 8.48. The number of aromatic nitrogens is 1. The third kappa shape index (κ3) is 3.56. The second-order valence-electron chi connectivity index (χ2n) is 6.42. The fourth-order valence-electron chi connectivity index (χ4n) is 3.05. The number of rotatable bonds is 3.